The van der Waals surface area contributed by atoms with Gasteiger partial charge in [-0.1, -0.05) is 23.4 Å². The highest BCUT2D eigenvalue weighted by atomic mass is 19.1. The Labute approximate surface area is 148 Å². The molecule has 26 heavy (non-hydrogen) atoms. The van der Waals surface area contributed by atoms with Crippen LogP contribution in [0.25, 0.3) is 11.3 Å². The number of hydrogen-bond donors (Lipinski definition) is 0. The maximum absolute atomic E-state index is 13.7. The molecule has 2 aromatic carbocycles. The van der Waals surface area contributed by atoms with Gasteiger partial charge in [-0.15, -0.1) is 0 Å². The van der Waals surface area contributed by atoms with Crippen LogP contribution in [0.4, 0.5) is 8.78 Å². The lowest BCUT2D eigenvalue weighted by molar-refractivity contribution is 0.0514. The lowest BCUT2D eigenvalue weighted by atomic mass is 10.1. The number of carbonyl (C=O) groups is 1. The van der Waals surface area contributed by atoms with Gasteiger partial charge in [-0.2, -0.15) is 0 Å². The van der Waals surface area contributed by atoms with Crippen LogP contribution in [0, 0.1) is 11.6 Å². The van der Waals surface area contributed by atoms with Gasteiger partial charge in [0.25, 0.3) is 0 Å². The standard InChI is InChI=1S/C19H15F2NO4/c1-2-24-19(23)17-10-18(26-22-17)12-5-3-6-13(9-12)25-11-14-15(20)7-4-8-16(14)21/h3-10H,2,11H2,1H3. The second-order valence-corrected chi connectivity index (χ2v) is 5.31. The van der Waals surface area contributed by atoms with E-state index in [0.29, 0.717) is 17.1 Å². The molecule has 0 amide bonds. The van der Waals surface area contributed by atoms with E-state index in [9.17, 15) is 13.6 Å². The van der Waals surface area contributed by atoms with Crippen molar-refractivity contribution >= 4 is 5.97 Å². The fourth-order valence-electron chi connectivity index (χ4n) is 2.28. The van der Waals surface area contributed by atoms with E-state index in [0.717, 1.165) is 0 Å². The summed E-state index contributed by atoms with van der Waals surface area (Å²) in [5, 5.41) is 3.67. The van der Waals surface area contributed by atoms with Crippen molar-refractivity contribution in [3.63, 3.8) is 0 Å². The van der Waals surface area contributed by atoms with Crippen molar-refractivity contribution in [3.8, 4) is 17.1 Å². The van der Waals surface area contributed by atoms with E-state index in [1.807, 2.05) is 0 Å². The van der Waals surface area contributed by atoms with E-state index in [1.54, 1.807) is 31.2 Å². The highest BCUT2D eigenvalue weighted by Gasteiger charge is 2.15. The molecule has 0 spiro atoms. The predicted molar refractivity (Wildman–Crippen MR) is 88.6 cm³/mol. The van der Waals surface area contributed by atoms with Crippen molar-refractivity contribution in [1.29, 1.82) is 0 Å². The molecule has 0 aliphatic heterocycles. The first-order valence-electron chi connectivity index (χ1n) is 7.88. The third-order valence-electron chi connectivity index (χ3n) is 3.56. The van der Waals surface area contributed by atoms with Crippen LogP contribution in [0.15, 0.2) is 53.1 Å². The van der Waals surface area contributed by atoms with Crippen LogP contribution in [0.3, 0.4) is 0 Å². The molecule has 1 heterocycles. The molecule has 0 unspecified atom stereocenters. The van der Waals surface area contributed by atoms with Crippen molar-refractivity contribution in [2.45, 2.75) is 13.5 Å². The van der Waals surface area contributed by atoms with Gasteiger partial charge >= 0.3 is 5.97 Å². The maximum Gasteiger partial charge on any atom is 0.360 e. The SMILES string of the molecule is CCOC(=O)c1cc(-c2cccc(OCc3c(F)cccc3F)c2)on1. The van der Waals surface area contributed by atoms with Crippen LogP contribution in [-0.2, 0) is 11.3 Å². The molecule has 0 aliphatic rings. The van der Waals surface area contributed by atoms with Crippen LogP contribution in [0.5, 0.6) is 5.75 Å². The van der Waals surface area contributed by atoms with E-state index in [4.69, 9.17) is 14.0 Å². The summed E-state index contributed by atoms with van der Waals surface area (Å²) in [6.45, 7) is 1.67. The van der Waals surface area contributed by atoms with Crippen LogP contribution < -0.4 is 4.74 Å². The van der Waals surface area contributed by atoms with Gasteiger partial charge in [-0.3, -0.25) is 0 Å². The zero-order valence-corrected chi connectivity index (χ0v) is 13.9. The molecule has 0 N–H and O–H groups in total. The second-order valence-electron chi connectivity index (χ2n) is 5.31. The molecule has 0 fully saturated rings. The summed E-state index contributed by atoms with van der Waals surface area (Å²) in [4.78, 5) is 11.6. The Bertz CT molecular complexity index is 903. The Hall–Kier alpha value is -3.22. The molecule has 0 saturated carbocycles. The fourth-order valence-corrected chi connectivity index (χ4v) is 2.28. The number of carbonyl (C=O) groups excluding carboxylic acids is 1. The minimum Gasteiger partial charge on any atom is -0.489 e. The molecule has 0 bridgehead atoms. The number of nitrogens with zero attached hydrogens (tertiary/aromatic N) is 1. The minimum atomic E-state index is -0.671. The van der Waals surface area contributed by atoms with Crippen LogP contribution in [0.2, 0.25) is 0 Å². The lowest BCUT2D eigenvalue weighted by Crippen LogP contribution is -2.04. The van der Waals surface area contributed by atoms with Gasteiger partial charge in [0.05, 0.1) is 12.2 Å². The average molecular weight is 359 g/mol. The third kappa shape index (κ3) is 3.88. The summed E-state index contributed by atoms with van der Waals surface area (Å²) in [6.07, 6.45) is 0. The van der Waals surface area contributed by atoms with Crippen molar-refractivity contribution in [2.24, 2.45) is 0 Å². The number of ether oxygens (including phenoxy) is 2. The Kier molecular flexibility index (Phi) is 5.26. The van der Waals surface area contributed by atoms with Gasteiger partial charge < -0.3 is 14.0 Å². The second kappa shape index (κ2) is 7.77. The van der Waals surface area contributed by atoms with E-state index < -0.39 is 17.6 Å². The number of hydrogen-bond acceptors (Lipinski definition) is 5. The van der Waals surface area contributed by atoms with Crippen LogP contribution in [-0.4, -0.2) is 17.7 Å². The number of esters is 1. The first-order chi connectivity index (χ1) is 12.6. The number of benzene rings is 2. The van der Waals surface area contributed by atoms with Crippen LogP contribution >= 0.6 is 0 Å². The summed E-state index contributed by atoms with van der Waals surface area (Å²) in [5.74, 6) is -1.19. The topological polar surface area (TPSA) is 61.6 Å². The zero-order chi connectivity index (χ0) is 18.5. The van der Waals surface area contributed by atoms with Gasteiger partial charge in [0.1, 0.15) is 24.0 Å². The summed E-state index contributed by atoms with van der Waals surface area (Å²) < 4.78 is 42.8. The lowest BCUT2D eigenvalue weighted by Gasteiger charge is -2.08. The molecular weight excluding hydrogens is 344 g/mol. The molecule has 3 aromatic rings. The largest absolute Gasteiger partial charge is 0.489 e. The first kappa shape index (κ1) is 17.6. The Balaban J connectivity index is 1.75. The van der Waals surface area contributed by atoms with Gasteiger partial charge in [0.15, 0.2) is 11.5 Å². The highest BCUT2D eigenvalue weighted by Crippen LogP contribution is 2.26. The number of halogens is 2. The van der Waals surface area contributed by atoms with Crippen molar-refractivity contribution in [3.05, 3.63) is 71.4 Å². The fraction of sp³-hybridized carbons (Fsp3) is 0.158. The molecular formula is C19H15F2NO4. The third-order valence-corrected chi connectivity index (χ3v) is 3.56. The average Bonchev–Trinajstić information content (AvgIpc) is 3.12. The molecule has 3 rings (SSSR count). The molecule has 0 aliphatic carbocycles. The molecule has 5 nitrogen and oxygen atoms in total. The molecule has 0 atom stereocenters. The number of rotatable bonds is 6. The highest BCUT2D eigenvalue weighted by molar-refractivity contribution is 5.88. The Morgan fingerprint density at radius 3 is 2.58 bits per heavy atom. The van der Waals surface area contributed by atoms with Gasteiger partial charge in [0, 0.05) is 11.6 Å². The summed E-state index contributed by atoms with van der Waals surface area (Å²) in [5.41, 5.74) is 0.503. The Morgan fingerprint density at radius 2 is 1.85 bits per heavy atom. The van der Waals surface area contributed by atoms with Crippen LogP contribution in [0.1, 0.15) is 23.0 Å². The summed E-state index contributed by atoms with van der Waals surface area (Å²) in [6, 6.07) is 11.8. The van der Waals surface area contributed by atoms with Gasteiger partial charge in [0.2, 0.25) is 0 Å². The van der Waals surface area contributed by atoms with Crippen molar-refractivity contribution in [2.75, 3.05) is 6.61 Å². The Morgan fingerprint density at radius 1 is 1.12 bits per heavy atom. The maximum atomic E-state index is 13.7. The molecule has 134 valence electrons. The van der Waals surface area contributed by atoms with Gasteiger partial charge in [-0.05, 0) is 31.2 Å². The summed E-state index contributed by atoms with van der Waals surface area (Å²) >= 11 is 0. The quantitative estimate of drug-likeness (QED) is 0.612. The molecule has 0 saturated heterocycles. The predicted octanol–water partition coefficient (Wildman–Crippen LogP) is 4.38. The molecule has 7 heteroatoms. The number of aromatic nitrogens is 1. The normalized spacial score (nSPS) is 10.6. The molecule has 1 aromatic heterocycles. The smallest absolute Gasteiger partial charge is 0.360 e. The first-order valence-corrected chi connectivity index (χ1v) is 7.88. The molecule has 0 radical (unpaired) electrons. The zero-order valence-electron chi connectivity index (χ0n) is 13.9. The van der Waals surface area contributed by atoms with E-state index in [2.05, 4.69) is 5.16 Å². The van der Waals surface area contributed by atoms with Crippen molar-refractivity contribution in [1.82, 2.24) is 5.16 Å². The minimum absolute atomic E-state index is 0.0570. The monoisotopic (exact) mass is 359 g/mol. The van der Waals surface area contributed by atoms with Gasteiger partial charge in [-0.25, -0.2) is 13.6 Å². The van der Waals surface area contributed by atoms with E-state index in [1.165, 1.54) is 24.3 Å². The van der Waals surface area contributed by atoms with E-state index in [-0.39, 0.29) is 24.5 Å². The van der Waals surface area contributed by atoms with Crippen molar-refractivity contribution < 1.29 is 27.6 Å². The van der Waals surface area contributed by atoms with E-state index >= 15 is 0 Å². The summed E-state index contributed by atoms with van der Waals surface area (Å²) in [7, 11) is 0.